The molecule has 0 amide bonds. The van der Waals surface area contributed by atoms with E-state index in [9.17, 15) is 9.65 Å². The molecule has 2 aromatic carbocycles. The summed E-state index contributed by atoms with van der Waals surface area (Å²) in [5, 5.41) is 10.6. The summed E-state index contributed by atoms with van der Waals surface area (Å²) in [5.41, 5.74) is 3.66. The molecule has 136 valence electrons. The molecule has 1 fully saturated rings. The Hall–Kier alpha value is -2.97. The second kappa shape index (κ2) is 7.73. The van der Waals surface area contributed by atoms with Crippen molar-refractivity contribution in [2.45, 2.75) is 13.0 Å². The highest BCUT2D eigenvalue weighted by molar-refractivity contribution is 5.94. The Balaban J connectivity index is 1.56. The highest BCUT2D eigenvalue weighted by atomic mass is 19.1. The minimum Gasteiger partial charge on any atom is -0.369 e. The minimum absolute atomic E-state index is 0.200. The molecule has 1 saturated heterocycles. The normalized spacial score (nSPS) is 15.5. The van der Waals surface area contributed by atoms with Crippen LogP contribution >= 0.6 is 0 Å². The Morgan fingerprint density at radius 2 is 1.81 bits per heavy atom. The van der Waals surface area contributed by atoms with E-state index in [1.165, 1.54) is 12.1 Å². The Labute approximate surface area is 158 Å². The molecule has 0 unspecified atom stereocenters. The van der Waals surface area contributed by atoms with E-state index in [-0.39, 0.29) is 5.82 Å². The fourth-order valence-corrected chi connectivity index (χ4v) is 3.75. The van der Waals surface area contributed by atoms with Crippen LogP contribution in [0.2, 0.25) is 0 Å². The molecule has 0 radical (unpaired) electrons. The lowest BCUT2D eigenvalue weighted by molar-refractivity contribution is 0.285. The molecule has 1 aromatic heterocycles. The Morgan fingerprint density at radius 3 is 2.63 bits per heavy atom. The van der Waals surface area contributed by atoms with Gasteiger partial charge in [-0.3, -0.25) is 9.88 Å². The van der Waals surface area contributed by atoms with Gasteiger partial charge >= 0.3 is 0 Å². The van der Waals surface area contributed by atoms with Gasteiger partial charge in [-0.15, -0.1) is 0 Å². The van der Waals surface area contributed by atoms with Crippen molar-refractivity contribution in [1.82, 2.24) is 9.88 Å². The van der Waals surface area contributed by atoms with E-state index in [2.05, 4.69) is 20.9 Å². The molecule has 27 heavy (non-hydrogen) atoms. The number of rotatable bonds is 3. The van der Waals surface area contributed by atoms with E-state index in [0.29, 0.717) is 5.56 Å². The zero-order chi connectivity index (χ0) is 18.6. The molecule has 0 saturated carbocycles. The molecular weight excluding hydrogens is 339 g/mol. The SMILES string of the molecule is N#Cc1cnc2ccccc2c1N1CCCN(Cc2ccc(F)cc2)CC1. The van der Waals surface area contributed by atoms with Gasteiger partial charge in [-0.2, -0.15) is 5.26 Å². The molecule has 4 nitrogen and oxygen atoms in total. The highest BCUT2D eigenvalue weighted by Gasteiger charge is 2.20. The van der Waals surface area contributed by atoms with Gasteiger partial charge in [0.05, 0.1) is 16.8 Å². The third-order valence-electron chi connectivity index (χ3n) is 5.09. The van der Waals surface area contributed by atoms with Gasteiger partial charge in [-0.25, -0.2) is 4.39 Å². The lowest BCUT2D eigenvalue weighted by Gasteiger charge is -2.25. The van der Waals surface area contributed by atoms with Crippen LogP contribution in [0, 0.1) is 17.1 Å². The first-order valence-electron chi connectivity index (χ1n) is 9.24. The average Bonchev–Trinajstić information content (AvgIpc) is 2.94. The van der Waals surface area contributed by atoms with E-state index in [0.717, 1.165) is 61.3 Å². The first-order chi connectivity index (χ1) is 13.2. The number of nitrogens with zero attached hydrogens (tertiary/aromatic N) is 4. The van der Waals surface area contributed by atoms with Gasteiger partial charge in [0.15, 0.2) is 0 Å². The first kappa shape index (κ1) is 17.4. The van der Waals surface area contributed by atoms with Gasteiger partial charge in [0, 0.05) is 44.3 Å². The maximum atomic E-state index is 13.1. The molecule has 1 aliphatic rings. The van der Waals surface area contributed by atoms with Crippen LogP contribution in [0.1, 0.15) is 17.5 Å². The highest BCUT2D eigenvalue weighted by Crippen LogP contribution is 2.30. The number of pyridine rings is 1. The van der Waals surface area contributed by atoms with Crippen LogP contribution in [0.4, 0.5) is 10.1 Å². The summed E-state index contributed by atoms with van der Waals surface area (Å²) in [6.07, 6.45) is 2.70. The van der Waals surface area contributed by atoms with Crippen LogP contribution < -0.4 is 4.90 Å². The number of fused-ring (bicyclic) bond motifs is 1. The largest absolute Gasteiger partial charge is 0.369 e. The van der Waals surface area contributed by atoms with E-state index in [1.807, 2.05) is 36.4 Å². The first-order valence-corrected chi connectivity index (χ1v) is 9.24. The van der Waals surface area contributed by atoms with Crippen molar-refractivity contribution in [3.8, 4) is 6.07 Å². The van der Waals surface area contributed by atoms with Crippen molar-refractivity contribution in [1.29, 1.82) is 5.26 Å². The fraction of sp³-hybridized carbons (Fsp3) is 0.273. The minimum atomic E-state index is -0.200. The maximum Gasteiger partial charge on any atom is 0.123 e. The molecule has 0 bridgehead atoms. The van der Waals surface area contributed by atoms with Crippen molar-refractivity contribution in [2.75, 3.05) is 31.1 Å². The zero-order valence-electron chi connectivity index (χ0n) is 15.1. The van der Waals surface area contributed by atoms with Crippen LogP contribution in [-0.4, -0.2) is 36.1 Å². The predicted molar refractivity (Wildman–Crippen MR) is 105 cm³/mol. The van der Waals surface area contributed by atoms with E-state index >= 15 is 0 Å². The summed E-state index contributed by atoms with van der Waals surface area (Å²) in [6.45, 7) is 4.46. The number of hydrogen-bond acceptors (Lipinski definition) is 4. The molecule has 2 heterocycles. The molecular formula is C22H21FN4. The second-order valence-corrected chi connectivity index (χ2v) is 6.89. The summed E-state index contributed by atoms with van der Waals surface area (Å²) in [6, 6.07) is 17.0. The lowest BCUT2D eigenvalue weighted by Crippen LogP contribution is -2.31. The quantitative estimate of drug-likeness (QED) is 0.709. The molecule has 0 aliphatic carbocycles. The van der Waals surface area contributed by atoms with Gasteiger partial charge in [0.2, 0.25) is 0 Å². The number of aromatic nitrogens is 1. The van der Waals surface area contributed by atoms with Crippen molar-refractivity contribution in [3.05, 3.63) is 71.7 Å². The summed E-state index contributed by atoms with van der Waals surface area (Å²) in [5.74, 6) is -0.200. The number of nitriles is 1. The van der Waals surface area contributed by atoms with Gasteiger partial charge in [-0.1, -0.05) is 30.3 Å². The number of anilines is 1. The zero-order valence-corrected chi connectivity index (χ0v) is 15.1. The third-order valence-corrected chi connectivity index (χ3v) is 5.09. The van der Waals surface area contributed by atoms with E-state index in [4.69, 9.17) is 0 Å². The number of para-hydroxylation sites is 1. The Bertz CT molecular complexity index is 978. The molecule has 1 aliphatic heterocycles. The predicted octanol–water partition coefficient (Wildman–Crippen LogP) is 3.96. The topological polar surface area (TPSA) is 43.2 Å². The van der Waals surface area contributed by atoms with Crippen molar-refractivity contribution in [3.63, 3.8) is 0 Å². The smallest absolute Gasteiger partial charge is 0.123 e. The molecule has 3 aromatic rings. The van der Waals surface area contributed by atoms with E-state index < -0.39 is 0 Å². The fourth-order valence-electron chi connectivity index (χ4n) is 3.75. The Kier molecular flexibility index (Phi) is 4.99. The van der Waals surface area contributed by atoms with Crippen LogP contribution in [0.5, 0.6) is 0 Å². The molecule has 4 rings (SSSR count). The average molecular weight is 360 g/mol. The summed E-state index contributed by atoms with van der Waals surface area (Å²) in [4.78, 5) is 9.12. The second-order valence-electron chi connectivity index (χ2n) is 6.89. The third kappa shape index (κ3) is 3.76. The standard InChI is InChI=1S/C22H21FN4/c23-19-8-6-17(7-9-19)16-26-10-3-11-27(13-12-26)22-18(14-24)15-25-21-5-2-1-4-20(21)22/h1-2,4-9,15H,3,10-13,16H2. The van der Waals surface area contributed by atoms with Crippen LogP contribution in [0.25, 0.3) is 10.9 Å². The number of hydrogen-bond donors (Lipinski definition) is 0. The van der Waals surface area contributed by atoms with Crippen LogP contribution in [0.15, 0.2) is 54.7 Å². The maximum absolute atomic E-state index is 13.1. The number of benzene rings is 2. The van der Waals surface area contributed by atoms with Crippen molar-refractivity contribution >= 4 is 16.6 Å². The van der Waals surface area contributed by atoms with Crippen molar-refractivity contribution < 1.29 is 4.39 Å². The van der Waals surface area contributed by atoms with Crippen molar-refractivity contribution in [2.24, 2.45) is 0 Å². The van der Waals surface area contributed by atoms with Gasteiger partial charge in [0.25, 0.3) is 0 Å². The molecule has 0 N–H and O–H groups in total. The lowest BCUT2D eigenvalue weighted by atomic mass is 10.1. The molecule has 5 heteroatoms. The van der Waals surface area contributed by atoms with Gasteiger partial charge < -0.3 is 4.90 Å². The molecule has 0 spiro atoms. The number of halogens is 1. The summed E-state index contributed by atoms with van der Waals surface area (Å²) < 4.78 is 13.1. The van der Waals surface area contributed by atoms with Crippen LogP contribution in [0.3, 0.4) is 0 Å². The summed E-state index contributed by atoms with van der Waals surface area (Å²) >= 11 is 0. The Morgan fingerprint density at radius 1 is 1.00 bits per heavy atom. The van der Waals surface area contributed by atoms with Crippen LogP contribution in [-0.2, 0) is 6.54 Å². The monoisotopic (exact) mass is 360 g/mol. The summed E-state index contributed by atoms with van der Waals surface area (Å²) in [7, 11) is 0. The van der Waals surface area contributed by atoms with Gasteiger partial charge in [-0.05, 0) is 30.2 Å². The van der Waals surface area contributed by atoms with Gasteiger partial charge in [0.1, 0.15) is 11.9 Å². The molecule has 0 atom stereocenters. The van der Waals surface area contributed by atoms with E-state index in [1.54, 1.807) is 6.20 Å².